The largest absolute Gasteiger partial charge is 0.435 e. The molecule has 0 spiro atoms. The van der Waals surface area contributed by atoms with E-state index in [0.29, 0.717) is 5.52 Å². The first-order chi connectivity index (χ1) is 9.99. The Hall–Kier alpha value is -2.88. The Labute approximate surface area is 117 Å². The molecule has 0 saturated carbocycles. The van der Waals surface area contributed by atoms with E-state index in [4.69, 9.17) is 5.26 Å². The van der Waals surface area contributed by atoms with Crippen molar-refractivity contribution in [1.29, 1.82) is 5.26 Å². The number of hydrogen-bond donors (Lipinski definition) is 0. The molecule has 0 aliphatic heterocycles. The summed E-state index contributed by atoms with van der Waals surface area (Å²) < 4.78 is 38.7. The molecule has 104 valence electrons. The fourth-order valence-electron chi connectivity index (χ4n) is 1.96. The zero-order chi connectivity index (χ0) is 15.0. The summed E-state index contributed by atoms with van der Waals surface area (Å²) in [5.74, 6) is 0.0756. The van der Waals surface area contributed by atoms with Gasteiger partial charge in [-0.25, -0.2) is 9.67 Å². The smallest absolute Gasteiger partial charge is 0.227 e. The van der Waals surface area contributed by atoms with Gasteiger partial charge in [0.25, 0.3) is 0 Å². The molecule has 0 amide bonds. The molecule has 2 heterocycles. The van der Waals surface area contributed by atoms with Crippen LogP contribution in [0.2, 0.25) is 0 Å². The van der Waals surface area contributed by atoms with E-state index in [1.165, 1.54) is 0 Å². The molecule has 0 atom stereocenters. The van der Waals surface area contributed by atoms with Crippen molar-refractivity contribution in [2.45, 2.75) is 6.18 Å². The van der Waals surface area contributed by atoms with Crippen molar-refractivity contribution in [3.05, 3.63) is 53.9 Å². The van der Waals surface area contributed by atoms with Crippen molar-refractivity contribution in [2.75, 3.05) is 0 Å². The molecule has 0 radical (unpaired) electrons. The molecule has 7 heteroatoms. The van der Waals surface area contributed by atoms with E-state index >= 15 is 0 Å². The molecule has 0 bridgehead atoms. The maximum absolute atomic E-state index is 12.6. The van der Waals surface area contributed by atoms with Gasteiger partial charge in [0, 0.05) is 11.6 Å². The Bertz CT molecular complexity index is 859. The highest BCUT2D eigenvalue weighted by Crippen LogP contribution is 2.28. The molecule has 0 unspecified atom stereocenters. The van der Waals surface area contributed by atoms with Crippen LogP contribution in [0, 0.1) is 11.3 Å². The third-order valence-corrected chi connectivity index (χ3v) is 2.92. The van der Waals surface area contributed by atoms with E-state index in [0.717, 1.165) is 22.3 Å². The quantitative estimate of drug-likeness (QED) is 0.690. The Morgan fingerprint density at radius 3 is 2.57 bits per heavy atom. The second-order valence-corrected chi connectivity index (χ2v) is 4.31. The summed E-state index contributed by atoms with van der Waals surface area (Å²) in [6.45, 7) is 0. The summed E-state index contributed by atoms with van der Waals surface area (Å²) in [5.41, 5.74) is -0.289. The first kappa shape index (κ1) is 13.1. The van der Waals surface area contributed by atoms with Crippen molar-refractivity contribution in [3.8, 4) is 11.9 Å². The first-order valence-corrected chi connectivity index (χ1v) is 5.92. The summed E-state index contributed by atoms with van der Waals surface area (Å²) in [4.78, 5) is 4.22. The SMILES string of the molecule is N#Cc1cc2ccccc2nc1-n1ccc(C(F)(F)F)n1. The van der Waals surface area contributed by atoms with Crippen LogP contribution in [0.3, 0.4) is 0 Å². The van der Waals surface area contributed by atoms with Crippen molar-refractivity contribution in [3.63, 3.8) is 0 Å². The Morgan fingerprint density at radius 2 is 1.90 bits per heavy atom. The standard InChI is InChI=1S/C14H7F3N4/c15-14(16,17)12-5-6-21(20-12)13-10(8-18)7-9-3-1-2-4-11(9)19-13/h1-7H. The molecule has 4 nitrogen and oxygen atoms in total. The van der Waals surface area contributed by atoms with E-state index in [9.17, 15) is 13.2 Å². The number of rotatable bonds is 1. The molecule has 1 aromatic carbocycles. The normalized spacial score (nSPS) is 11.5. The Balaban J connectivity index is 2.20. The maximum Gasteiger partial charge on any atom is 0.435 e. The summed E-state index contributed by atoms with van der Waals surface area (Å²) in [6, 6.07) is 11.4. The van der Waals surface area contributed by atoms with Gasteiger partial charge in [-0.2, -0.15) is 23.5 Å². The van der Waals surface area contributed by atoms with Crippen molar-refractivity contribution in [1.82, 2.24) is 14.8 Å². The van der Waals surface area contributed by atoms with Gasteiger partial charge in [0.05, 0.1) is 11.1 Å². The number of para-hydroxylation sites is 1. The highest BCUT2D eigenvalue weighted by atomic mass is 19.4. The van der Waals surface area contributed by atoms with Gasteiger partial charge in [0.15, 0.2) is 11.5 Å². The topological polar surface area (TPSA) is 54.5 Å². The molecule has 3 aromatic rings. The van der Waals surface area contributed by atoms with Crippen LogP contribution in [0.1, 0.15) is 11.3 Å². The van der Waals surface area contributed by atoms with Crippen LogP contribution in [0.5, 0.6) is 0 Å². The molecule has 3 rings (SSSR count). The lowest BCUT2D eigenvalue weighted by molar-refractivity contribution is -0.141. The number of alkyl halides is 3. The molecule has 0 aliphatic rings. The van der Waals surface area contributed by atoms with E-state index in [1.807, 2.05) is 6.07 Å². The van der Waals surface area contributed by atoms with Gasteiger partial charge in [-0.1, -0.05) is 18.2 Å². The Kier molecular flexibility index (Phi) is 2.87. The monoisotopic (exact) mass is 288 g/mol. The van der Waals surface area contributed by atoms with Crippen molar-refractivity contribution in [2.24, 2.45) is 0 Å². The first-order valence-electron chi connectivity index (χ1n) is 5.92. The molecule has 0 fully saturated rings. The van der Waals surface area contributed by atoms with Crippen LogP contribution in [0.25, 0.3) is 16.7 Å². The van der Waals surface area contributed by atoms with Crippen LogP contribution in [0.15, 0.2) is 42.6 Å². The van der Waals surface area contributed by atoms with Crippen LogP contribution in [0.4, 0.5) is 13.2 Å². The van der Waals surface area contributed by atoms with Crippen molar-refractivity contribution >= 4 is 10.9 Å². The van der Waals surface area contributed by atoms with Gasteiger partial charge in [0.1, 0.15) is 6.07 Å². The molecule has 0 saturated heterocycles. The van der Waals surface area contributed by atoms with Gasteiger partial charge >= 0.3 is 6.18 Å². The fraction of sp³-hybridized carbons (Fsp3) is 0.0714. The number of nitrogens with zero attached hydrogens (tertiary/aromatic N) is 4. The summed E-state index contributed by atoms with van der Waals surface area (Å²) >= 11 is 0. The third kappa shape index (κ3) is 2.31. The van der Waals surface area contributed by atoms with E-state index in [-0.39, 0.29) is 11.4 Å². The van der Waals surface area contributed by atoms with Gasteiger partial charge in [0.2, 0.25) is 0 Å². The Morgan fingerprint density at radius 1 is 1.14 bits per heavy atom. The third-order valence-electron chi connectivity index (χ3n) is 2.92. The summed E-state index contributed by atoms with van der Waals surface area (Å²) in [7, 11) is 0. The molecule has 0 N–H and O–H groups in total. The van der Waals surface area contributed by atoms with Gasteiger partial charge < -0.3 is 0 Å². The van der Waals surface area contributed by atoms with E-state index in [1.54, 1.807) is 30.3 Å². The number of pyridine rings is 1. The number of halogens is 3. The molecule has 2 aromatic heterocycles. The molecular formula is C14H7F3N4. The molecule has 0 aliphatic carbocycles. The second-order valence-electron chi connectivity index (χ2n) is 4.31. The lowest BCUT2D eigenvalue weighted by atomic mass is 10.1. The summed E-state index contributed by atoms with van der Waals surface area (Å²) in [6.07, 6.45) is -3.39. The zero-order valence-electron chi connectivity index (χ0n) is 10.5. The van der Waals surface area contributed by atoms with Gasteiger partial charge in [-0.3, -0.25) is 0 Å². The molecule has 21 heavy (non-hydrogen) atoms. The van der Waals surface area contributed by atoms with Gasteiger partial charge in [-0.15, -0.1) is 0 Å². The van der Waals surface area contributed by atoms with Crippen LogP contribution >= 0.6 is 0 Å². The van der Waals surface area contributed by atoms with Gasteiger partial charge in [-0.05, 0) is 18.2 Å². The number of hydrogen-bond acceptors (Lipinski definition) is 3. The number of nitriles is 1. The lowest BCUT2D eigenvalue weighted by Crippen LogP contribution is -2.08. The average molecular weight is 288 g/mol. The average Bonchev–Trinajstić information content (AvgIpc) is 2.95. The number of fused-ring (bicyclic) bond motifs is 1. The second kappa shape index (κ2) is 4.59. The maximum atomic E-state index is 12.6. The predicted molar refractivity (Wildman–Crippen MR) is 68.6 cm³/mol. The number of aromatic nitrogens is 3. The number of benzene rings is 1. The minimum atomic E-state index is -4.53. The predicted octanol–water partition coefficient (Wildman–Crippen LogP) is 3.31. The van der Waals surface area contributed by atoms with Crippen LogP contribution in [-0.2, 0) is 6.18 Å². The minimum Gasteiger partial charge on any atom is -0.227 e. The lowest BCUT2D eigenvalue weighted by Gasteiger charge is -2.06. The van der Waals surface area contributed by atoms with E-state index in [2.05, 4.69) is 10.1 Å². The van der Waals surface area contributed by atoms with Crippen LogP contribution in [-0.4, -0.2) is 14.8 Å². The minimum absolute atomic E-state index is 0.0756. The summed E-state index contributed by atoms with van der Waals surface area (Å²) in [5, 5.41) is 13.3. The fourth-order valence-corrected chi connectivity index (χ4v) is 1.96. The molecular weight excluding hydrogens is 281 g/mol. The van der Waals surface area contributed by atoms with Crippen molar-refractivity contribution < 1.29 is 13.2 Å². The highest BCUT2D eigenvalue weighted by molar-refractivity contribution is 5.81. The zero-order valence-corrected chi connectivity index (χ0v) is 10.5. The van der Waals surface area contributed by atoms with E-state index < -0.39 is 11.9 Å². The van der Waals surface area contributed by atoms with Crippen LogP contribution < -0.4 is 0 Å². The highest BCUT2D eigenvalue weighted by Gasteiger charge is 2.33.